The fourth-order valence-corrected chi connectivity index (χ4v) is 4.81. The van der Waals surface area contributed by atoms with E-state index < -0.39 is 40.9 Å². The second-order valence-corrected chi connectivity index (χ2v) is 8.50. The highest BCUT2D eigenvalue weighted by atomic mass is 35.5. The summed E-state index contributed by atoms with van der Waals surface area (Å²) >= 11 is 6.06. The van der Waals surface area contributed by atoms with Gasteiger partial charge in [-0.2, -0.15) is 31.4 Å². The molecule has 31 heavy (non-hydrogen) atoms. The van der Waals surface area contributed by atoms with Gasteiger partial charge >= 0.3 is 12.4 Å². The van der Waals surface area contributed by atoms with E-state index in [9.17, 15) is 31.1 Å². The third-order valence-electron chi connectivity index (χ3n) is 4.97. The lowest BCUT2D eigenvalue weighted by atomic mass is 10.1. The Labute approximate surface area is 178 Å². The monoisotopic (exact) mass is 486 g/mol. The molecule has 1 aliphatic rings. The molecule has 0 amide bonds. The number of fused-ring (bicyclic) bond motifs is 1. The topological polar surface area (TPSA) is 72.4 Å². The van der Waals surface area contributed by atoms with Gasteiger partial charge in [0.1, 0.15) is 10.0 Å². The van der Waals surface area contributed by atoms with Crippen LogP contribution in [-0.2, 0) is 18.9 Å². The highest BCUT2D eigenvalue weighted by Gasteiger charge is 2.47. The van der Waals surface area contributed by atoms with E-state index in [1.165, 1.54) is 0 Å². The zero-order valence-electron chi connectivity index (χ0n) is 15.3. The third kappa shape index (κ3) is 4.17. The maximum atomic E-state index is 13.6. The zero-order valence-corrected chi connectivity index (χ0v) is 16.9. The van der Waals surface area contributed by atoms with Crippen molar-refractivity contribution in [3.63, 3.8) is 0 Å². The number of nitrogens with zero attached hydrogens (tertiary/aromatic N) is 4. The molecule has 168 valence electrons. The Balaban J connectivity index is 1.76. The summed E-state index contributed by atoms with van der Waals surface area (Å²) in [4.78, 5) is 15.5. The minimum absolute atomic E-state index is 0.0760. The fraction of sp³-hybridized carbons (Fsp3) is 0.471. The van der Waals surface area contributed by atoms with Gasteiger partial charge < -0.3 is 5.11 Å². The van der Waals surface area contributed by atoms with Crippen LogP contribution in [0, 0.1) is 5.92 Å². The number of aliphatic hydroxyl groups is 1. The minimum Gasteiger partial charge on any atom is -0.396 e. The van der Waals surface area contributed by atoms with Crippen molar-refractivity contribution in [1.82, 2.24) is 19.2 Å². The van der Waals surface area contributed by atoms with Crippen molar-refractivity contribution in [3.8, 4) is 0 Å². The molecule has 1 fully saturated rings. The predicted molar refractivity (Wildman–Crippen MR) is 98.2 cm³/mol. The Morgan fingerprint density at radius 1 is 1.19 bits per heavy atom. The van der Waals surface area contributed by atoms with E-state index in [0.717, 1.165) is 15.1 Å². The van der Waals surface area contributed by atoms with Gasteiger partial charge in [-0.05, 0) is 18.8 Å². The first-order valence-corrected chi connectivity index (χ1v) is 10.1. The first-order chi connectivity index (χ1) is 14.4. The summed E-state index contributed by atoms with van der Waals surface area (Å²) in [6, 6.07) is 1.56. The van der Waals surface area contributed by atoms with E-state index >= 15 is 0 Å². The second kappa shape index (κ2) is 7.48. The summed E-state index contributed by atoms with van der Waals surface area (Å²) in [7, 11) is 0. The van der Waals surface area contributed by atoms with Crippen LogP contribution in [0.25, 0.3) is 4.96 Å². The van der Waals surface area contributed by atoms with E-state index in [-0.39, 0.29) is 34.0 Å². The lowest BCUT2D eigenvalue weighted by Gasteiger charge is -2.08. The van der Waals surface area contributed by atoms with Crippen LogP contribution < -0.4 is 5.56 Å². The van der Waals surface area contributed by atoms with Crippen LogP contribution in [0.2, 0.25) is 5.15 Å². The van der Waals surface area contributed by atoms with Gasteiger partial charge in [0.2, 0.25) is 0 Å². The molecule has 0 bridgehead atoms. The van der Waals surface area contributed by atoms with Gasteiger partial charge in [-0.25, -0.2) is 9.67 Å². The van der Waals surface area contributed by atoms with E-state index in [1.54, 1.807) is 0 Å². The van der Waals surface area contributed by atoms with Gasteiger partial charge in [-0.15, -0.1) is 0 Å². The molecule has 0 aromatic carbocycles. The van der Waals surface area contributed by atoms with Crippen molar-refractivity contribution in [2.24, 2.45) is 5.92 Å². The molecule has 3 aromatic rings. The average molecular weight is 487 g/mol. The molecule has 1 N–H and O–H groups in total. The van der Waals surface area contributed by atoms with Crippen molar-refractivity contribution in [3.05, 3.63) is 49.6 Å². The fourth-order valence-electron chi connectivity index (χ4n) is 3.52. The highest BCUT2D eigenvalue weighted by Crippen LogP contribution is 2.54. The van der Waals surface area contributed by atoms with E-state index in [2.05, 4.69) is 10.1 Å². The molecule has 0 spiro atoms. The molecule has 1 aliphatic carbocycles. The largest absolute Gasteiger partial charge is 0.435 e. The summed E-state index contributed by atoms with van der Waals surface area (Å²) in [5, 5.41) is 12.0. The van der Waals surface area contributed by atoms with Gasteiger partial charge in [0.15, 0.2) is 10.7 Å². The Morgan fingerprint density at radius 3 is 2.48 bits per heavy atom. The van der Waals surface area contributed by atoms with Gasteiger partial charge in [-0.1, -0.05) is 22.9 Å². The third-order valence-corrected chi connectivity index (χ3v) is 6.38. The number of hydrogen-bond acceptors (Lipinski definition) is 5. The first-order valence-electron chi connectivity index (χ1n) is 8.94. The quantitative estimate of drug-likeness (QED) is 0.549. The second-order valence-electron chi connectivity index (χ2n) is 7.14. The lowest BCUT2D eigenvalue weighted by Crippen LogP contribution is -2.19. The van der Waals surface area contributed by atoms with Crippen molar-refractivity contribution < 1.29 is 31.4 Å². The van der Waals surface area contributed by atoms with Crippen LogP contribution in [0.15, 0.2) is 16.9 Å². The molecule has 14 heteroatoms. The molecule has 0 aliphatic heterocycles. The number of alkyl halides is 6. The smallest absolute Gasteiger partial charge is 0.396 e. The molecular weight excluding hydrogens is 474 g/mol. The first kappa shape index (κ1) is 22.1. The SMILES string of the molecule is O=c1cc(Cn2nc(C(F)(F)F)cc2Cl)nc2sc(C(F)(F)F)c([C@@H]3C[C@H]3CCO)n12. The number of aliphatic hydroxyl groups excluding tert-OH is 1. The molecule has 1 saturated carbocycles. The Bertz CT molecular complexity index is 1200. The van der Waals surface area contributed by atoms with Crippen molar-refractivity contribution in [2.75, 3.05) is 6.61 Å². The Hall–Kier alpha value is -2.12. The van der Waals surface area contributed by atoms with Crippen molar-refractivity contribution >= 4 is 27.9 Å². The van der Waals surface area contributed by atoms with Crippen molar-refractivity contribution in [2.45, 2.75) is 37.7 Å². The summed E-state index contributed by atoms with van der Waals surface area (Å²) in [6.45, 7) is -0.599. The molecule has 2 atom stereocenters. The molecule has 3 aromatic heterocycles. The van der Waals surface area contributed by atoms with Gasteiger partial charge in [0, 0.05) is 24.7 Å². The van der Waals surface area contributed by atoms with Crippen LogP contribution in [0.5, 0.6) is 0 Å². The average Bonchev–Trinajstić information content (AvgIpc) is 3.10. The number of halogens is 7. The summed E-state index contributed by atoms with van der Waals surface area (Å²) < 4.78 is 80.9. The Morgan fingerprint density at radius 2 is 1.90 bits per heavy atom. The van der Waals surface area contributed by atoms with E-state index in [1.807, 2.05) is 0 Å². The van der Waals surface area contributed by atoms with E-state index in [0.29, 0.717) is 30.2 Å². The lowest BCUT2D eigenvalue weighted by molar-refractivity contribution is -0.141. The van der Waals surface area contributed by atoms with Gasteiger partial charge in [-0.3, -0.25) is 9.20 Å². The molecular formula is C17H13ClF6N4O2S. The minimum atomic E-state index is -4.73. The van der Waals surface area contributed by atoms with Crippen LogP contribution in [-0.4, -0.2) is 30.9 Å². The molecule has 0 unspecified atom stereocenters. The predicted octanol–water partition coefficient (Wildman–Crippen LogP) is 4.18. The molecule has 4 rings (SSSR count). The summed E-state index contributed by atoms with van der Waals surface area (Å²) in [6.07, 6.45) is -8.71. The van der Waals surface area contributed by atoms with Crippen LogP contribution >= 0.6 is 22.9 Å². The highest BCUT2D eigenvalue weighted by molar-refractivity contribution is 7.17. The Kier molecular flexibility index (Phi) is 5.33. The summed E-state index contributed by atoms with van der Waals surface area (Å²) in [5.74, 6) is -0.697. The zero-order chi connectivity index (χ0) is 22.7. The van der Waals surface area contributed by atoms with Crippen LogP contribution in [0.4, 0.5) is 26.3 Å². The van der Waals surface area contributed by atoms with Crippen LogP contribution in [0.1, 0.15) is 40.7 Å². The van der Waals surface area contributed by atoms with Crippen molar-refractivity contribution in [1.29, 1.82) is 0 Å². The number of rotatable bonds is 5. The molecule has 3 heterocycles. The maximum absolute atomic E-state index is 13.6. The molecule has 6 nitrogen and oxygen atoms in total. The number of thiazole rings is 1. The standard InChI is InChI=1S/C17H13ClF6N4O2S/c18-11-5-10(16(19,20)21)26-27(11)6-8-4-12(30)28-13(9-3-7(9)1-2-29)14(17(22,23)24)31-15(28)25-8/h4-5,7,9,29H,1-3,6H2/t7-,9-/m1/s1. The number of aromatic nitrogens is 4. The van der Waals surface area contributed by atoms with Gasteiger partial charge in [0.05, 0.1) is 17.9 Å². The normalized spacial score (nSPS) is 19.4. The molecule has 0 saturated heterocycles. The molecule has 0 radical (unpaired) electrons. The summed E-state index contributed by atoms with van der Waals surface area (Å²) in [5.41, 5.74) is -2.29. The van der Waals surface area contributed by atoms with E-state index in [4.69, 9.17) is 16.7 Å². The van der Waals surface area contributed by atoms with Crippen LogP contribution in [0.3, 0.4) is 0 Å². The maximum Gasteiger partial charge on any atom is 0.435 e. The van der Waals surface area contributed by atoms with Gasteiger partial charge in [0.25, 0.3) is 5.56 Å². The number of hydrogen-bond donors (Lipinski definition) is 1.